The third-order valence-electron chi connectivity index (χ3n) is 2.70. The Morgan fingerprint density at radius 3 is 3.06 bits per heavy atom. The largest absolute Gasteiger partial charge is 0.379 e. The summed E-state index contributed by atoms with van der Waals surface area (Å²) in [6, 6.07) is 6.08. The van der Waals surface area contributed by atoms with Crippen LogP contribution in [0, 0.1) is 6.92 Å². The molecule has 5 heteroatoms. The van der Waals surface area contributed by atoms with E-state index in [4.69, 9.17) is 11.6 Å². The van der Waals surface area contributed by atoms with Gasteiger partial charge in [-0.15, -0.1) is 22.7 Å². The number of aromatic nitrogens is 1. The summed E-state index contributed by atoms with van der Waals surface area (Å²) < 4.78 is 1.17. The van der Waals surface area contributed by atoms with Crippen LogP contribution in [0.15, 0.2) is 29.0 Å². The van der Waals surface area contributed by atoms with Gasteiger partial charge in [0.15, 0.2) is 0 Å². The Labute approximate surface area is 118 Å². The quantitative estimate of drug-likeness (QED) is 0.693. The molecule has 0 radical (unpaired) electrons. The Bertz CT molecular complexity index is 674. The van der Waals surface area contributed by atoms with Gasteiger partial charge in [0.1, 0.15) is 5.15 Å². The first kappa shape index (κ1) is 12.0. The molecule has 3 aromatic heterocycles. The van der Waals surface area contributed by atoms with Crippen LogP contribution in [-0.2, 0) is 6.54 Å². The molecule has 0 aliphatic heterocycles. The van der Waals surface area contributed by atoms with Gasteiger partial charge in [-0.05, 0) is 29.3 Å². The zero-order valence-electron chi connectivity index (χ0n) is 9.74. The first-order valence-corrected chi connectivity index (χ1v) is 7.68. The van der Waals surface area contributed by atoms with Crippen molar-refractivity contribution in [3.8, 4) is 0 Å². The molecule has 2 nitrogen and oxygen atoms in total. The van der Waals surface area contributed by atoms with Crippen molar-refractivity contribution in [2.45, 2.75) is 13.5 Å². The number of halogens is 1. The molecule has 0 amide bonds. The maximum Gasteiger partial charge on any atom is 0.131 e. The number of anilines is 1. The number of hydrogen-bond acceptors (Lipinski definition) is 4. The van der Waals surface area contributed by atoms with Crippen molar-refractivity contribution in [1.82, 2.24) is 4.98 Å². The van der Waals surface area contributed by atoms with E-state index in [1.165, 1.54) is 15.1 Å². The van der Waals surface area contributed by atoms with Gasteiger partial charge in [0, 0.05) is 17.5 Å². The smallest absolute Gasteiger partial charge is 0.131 e. The average Bonchev–Trinajstić information content (AvgIpc) is 2.97. The van der Waals surface area contributed by atoms with Gasteiger partial charge in [-0.3, -0.25) is 0 Å². The van der Waals surface area contributed by atoms with Crippen molar-refractivity contribution in [2.75, 3.05) is 5.32 Å². The zero-order chi connectivity index (χ0) is 12.5. The molecule has 3 heterocycles. The predicted octanol–water partition coefficient (Wildman–Crippen LogP) is 4.93. The summed E-state index contributed by atoms with van der Waals surface area (Å²) in [4.78, 5) is 5.69. The van der Waals surface area contributed by atoms with E-state index < -0.39 is 0 Å². The minimum Gasteiger partial charge on any atom is -0.379 e. The Balaban J connectivity index is 1.95. The van der Waals surface area contributed by atoms with Crippen LogP contribution in [0.3, 0.4) is 0 Å². The first-order valence-electron chi connectivity index (χ1n) is 5.54. The summed E-state index contributed by atoms with van der Waals surface area (Å²) in [5.41, 5.74) is 3.24. The molecule has 3 aromatic rings. The maximum atomic E-state index is 6.07. The Hall–Kier alpha value is -1.10. The molecule has 0 unspecified atom stereocenters. The van der Waals surface area contributed by atoms with Crippen LogP contribution < -0.4 is 5.32 Å². The number of hydrogen-bond donors (Lipinski definition) is 1. The molecule has 3 rings (SSSR count). The molecule has 0 spiro atoms. The molecule has 1 N–H and O–H groups in total. The second-order valence-corrected chi connectivity index (χ2v) is 6.32. The van der Waals surface area contributed by atoms with E-state index in [0.29, 0.717) is 5.15 Å². The Morgan fingerprint density at radius 2 is 2.28 bits per heavy atom. The van der Waals surface area contributed by atoms with E-state index in [1.807, 2.05) is 6.07 Å². The number of rotatable bonds is 3. The highest BCUT2D eigenvalue weighted by Crippen LogP contribution is 2.33. The lowest BCUT2D eigenvalue weighted by Crippen LogP contribution is -1.98. The molecule has 18 heavy (non-hydrogen) atoms. The number of nitrogens with one attached hydrogen (secondary N) is 1. The van der Waals surface area contributed by atoms with E-state index in [1.54, 1.807) is 22.7 Å². The number of thiophene rings is 2. The third-order valence-corrected chi connectivity index (χ3v) is 4.89. The first-order chi connectivity index (χ1) is 8.74. The van der Waals surface area contributed by atoms with Gasteiger partial charge < -0.3 is 5.32 Å². The van der Waals surface area contributed by atoms with Crippen LogP contribution in [0.5, 0.6) is 0 Å². The fourth-order valence-corrected chi connectivity index (χ4v) is 3.64. The molecule has 0 aliphatic rings. The standard InChI is InChI=1S/C13H11ClN2S2/c1-8-7-18-13-10(5-11(14)16-12(8)13)15-6-9-3-2-4-17-9/h2-5,7H,6H2,1H3,(H,15,16). The summed E-state index contributed by atoms with van der Waals surface area (Å²) in [6.45, 7) is 2.88. The summed E-state index contributed by atoms with van der Waals surface area (Å²) in [6.07, 6.45) is 0. The summed E-state index contributed by atoms with van der Waals surface area (Å²) in [5, 5.41) is 8.18. The number of aryl methyl sites for hydroxylation is 1. The molecule has 0 saturated carbocycles. The van der Waals surface area contributed by atoms with Crippen molar-refractivity contribution < 1.29 is 0 Å². The van der Waals surface area contributed by atoms with E-state index >= 15 is 0 Å². The molecule has 92 valence electrons. The van der Waals surface area contributed by atoms with Crippen LogP contribution in [0.1, 0.15) is 10.4 Å². The highest BCUT2D eigenvalue weighted by molar-refractivity contribution is 7.18. The Kier molecular flexibility index (Phi) is 3.24. The molecular formula is C13H11ClN2S2. The van der Waals surface area contributed by atoms with Gasteiger partial charge in [0.2, 0.25) is 0 Å². The molecule has 0 saturated heterocycles. The van der Waals surface area contributed by atoms with Gasteiger partial charge in [-0.25, -0.2) is 4.98 Å². The van der Waals surface area contributed by atoms with Crippen LogP contribution in [-0.4, -0.2) is 4.98 Å². The van der Waals surface area contributed by atoms with Crippen molar-refractivity contribution in [3.63, 3.8) is 0 Å². The SMILES string of the molecule is Cc1csc2c(NCc3cccs3)cc(Cl)nc12. The lowest BCUT2D eigenvalue weighted by atomic mass is 10.2. The normalized spacial score (nSPS) is 11.0. The minimum absolute atomic E-state index is 0.540. The van der Waals surface area contributed by atoms with Crippen LogP contribution in [0.2, 0.25) is 5.15 Å². The van der Waals surface area contributed by atoms with Crippen LogP contribution in [0.4, 0.5) is 5.69 Å². The second kappa shape index (κ2) is 4.88. The average molecular weight is 295 g/mol. The van der Waals surface area contributed by atoms with Crippen LogP contribution in [0.25, 0.3) is 10.2 Å². The van der Waals surface area contributed by atoms with Gasteiger partial charge in [-0.1, -0.05) is 17.7 Å². The monoisotopic (exact) mass is 294 g/mol. The van der Waals surface area contributed by atoms with E-state index in [0.717, 1.165) is 17.7 Å². The van der Waals surface area contributed by atoms with E-state index in [2.05, 4.69) is 40.1 Å². The highest BCUT2D eigenvalue weighted by Gasteiger charge is 2.09. The zero-order valence-corrected chi connectivity index (χ0v) is 12.1. The topological polar surface area (TPSA) is 24.9 Å². The summed E-state index contributed by atoms with van der Waals surface area (Å²) in [7, 11) is 0. The summed E-state index contributed by atoms with van der Waals surface area (Å²) in [5.74, 6) is 0. The number of nitrogens with zero attached hydrogens (tertiary/aromatic N) is 1. The summed E-state index contributed by atoms with van der Waals surface area (Å²) >= 11 is 9.52. The molecule has 0 bridgehead atoms. The molecule has 0 atom stereocenters. The lowest BCUT2D eigenvalue weighted by molar-refractivity contribution is 1.20. The van der Waals surface area contributed by atoms with Crippen molar-refractivity contribution >= 4 is 50.2 Å². The fourth-order valence-electron chi connectivity index (χ4n) is 1.82. The highest BCUT2D eigenvalue weighted by atomic mass is 35.5. The van der Waals surface area contributed by atoms with Gasteiger partial charge >= 0.3 is 0 Å². The third kappa shape index (κ3) is 2.23. The van der Waals surface area contributed by atoms with E-state index in [-0.39, 0.29) is 0 Å². The Morgan fingerprint density at radius 1 is 1.39 bits per heavy atom. The van der Waals surface area contributed by atoms with Crippen molar-refractivity contribution in [1.29, 1.82) is 0 Å². The molecular weight excluding hydrogens is 284 g/mol. The van der Waals surface area contributed by atoms with Gasteiger partial charge in [0.25, 0.3) is 0 Å². The van der Waals surface area contributed by atoms with E-state index in [9.17, 15) is 0 Å². The van der Waals surface area contributed by atoms with Crippen molar-refractivity contribution in [3.05, 3.63) is 44.6 Å². The lowest BCUT2D eigenvalue weighted by Gasteiger charge is -2.07. The number of fused-ring (bicyclic) bond motifs is 1. The number of pyridine rings is 1. The van der Waals surface area contributed by atoms with Gasteiger partial charge in [0.05, 0.1) is 15.9 Å². The van der Waals surface area contributed by atoms with Crippen molar-refractivity contribution in [2.24, 2.45) is 0 Å². The van der Waals surface area contributed by atoms with Crippen LogP contribution >= 0.6 is 34.3 Å². The molecule has 0 aliphatic carbocycles. The predicted molar refractivity (Wildman–Crippen MR) is 81.0 cm³/mol. The minimum atomic E-state index is 0.540. The maximum absolute atomic E-state index is 6.07. The van der Waals surface area contributed by atoms with Gasteiger partial charge in [-0.2, -0.15) is 0 Å². The molecule has 0 aromatic carbocycles. The molecule has 0 fully saturated rings. The fraction of sp³-hybridized carbons (Fsp3) is 0.154. The second-order valence-electron chi connectivity index (χ2n) is 4.02.